The molecule has 0 spiro atoms. The maximum Gasteiger partial charge on any atom is 0.255 e. The molecule has 31 heavy (non-hydrogen) atoms. The zero-order valence-electron chi connectivity index (χ0n) is 18.4. The fourth-order valence-electron chi connectivity index (χ4n) is 4.52. The summed E-state index contributed by atoms with van der Waals surface area (Å²) in [5, 5.41) is 2.13. The first kappa shape index (κ1) is 21.4. The third-order valence-electron chi connectivity index (χ3n) is 6.06. The van der Waals surface area contributed by atoms with Crippen molar-refractivity contribution in [1.82, 2.24) is 4.90 Å². The van der Waals surface area contributed by atoms with Gasteiger partial charge >= 0.3 is 0 Å². The van der Waals surface area contributed by atoms with Crippen LogP contribution in [0.5, 0.6) is 5.75 Å². The number of benzene rings is 3. The van der Waals surface area contributed by atoms with Crippen LogP contribution in [0.15, 0.2) is 66.7 Å². The van der Waals surface area contributed by atoms with E-state index in [-0.39, 0.29) is 12.0 Å². The minimum atomic E-state index is -0.00113. The van der Waals surface area contributed by atoms with Crippen LogP contribution in [-0.2, 0) is 11.3 Å². The average Bonchev–Trinajstić information content (AvgIpc) is 3.32. The Balaban J connectivity index is 1.56. The fourth-order valence-corrected chi connectivity index (χ4v) is 4.52. The molecule has 1 aliphatic carbocycles. The number of carbonyl (C=O) groups excluding carboxylic acids is 1. The van der Waals surface area contributed by atoms with Gasteiger partial charge in [0.15, 0.2) is 0 Å². The second-order valence-electron chi connectivity index (χ2n) is 8.43. The molecule has 0 saturated heterocycles. The second kappa shape index (κ2) is 9.97. The Bertz CT molecular complexity index is 1000. The minimum absolute atomic E-state index is 0.00113. The summed E-state index contributed by atoms with van der Waals surface area (Å²) in [5.41, 5.74) is 1.91. The maximum atomic E-state index is 13.7. The van der Waals surface area contributed by atoms with Gasteiger partial charge in [0.25, 0.3) is 5.91 Å². The molecule has 0 bridgehead atoms. The largest absolute Gasteiger partial charge is 0.488 e. The summed E-state index contributed by atoms with van der Waals surface area (Å²) in [6.45, 7) is 3.15. The first-order valence-electron chi connectivity index (χ1n) is 11.2. The van der Waals surface area contributed by atoms with E-state index >= 15 is 0 Å². The molecule has 1 unspecified atom stereocenters. The molecular formula is C27H31NO3. The maximum absolute atomic E-state index is 13.7. The Labute approximate surface area is 184 Å². The number of carbonyl (C=O) groups is 1. The molecular weight excluding hydrogens is 386 g/mol. The smallest absolute Gasteiger partial charge is 0.255 e. The highest BCUT2D eigenvalue weighted by atomic mass is 16.5. The molecule has 3 aromatic rings. The molecule has 4 nitrogen and oxygen atoms in total. The number of methoxy groups -OCH3 is 1. The Morgan fingerprint density at radius 2 is 1.71 bits per heavy atom. The van der Waals surface area contributed by atoms with E-state index in [0.717, 1.165) is 40.5 Å². The Hall–Kier alpha value is -2.85. The normalized spacial score (nSPS) is 15.2. The second-order valence-corrected chi connectivity index (χ2v) is 8.43. The summed E-state index contributed by atoms with van der Waals surface area (Å²) >= 11 is 0. The van der Waals surface area contributed by atoms with E-state index in [9.17, 15) is 4.79 Å². The van der Waals surface area contributed by atoms with Gasteiger partial charge in [-0.25, -0.2) is 0 Å². The van der Waals surface area contributed by atoms with E-state index in [2.05, 4.69) is 29.2 Å². The van der Waals surface area contributed by atoms with Gasteiger partial charge in [-0.3, -0.25) is 4.79 Å². The number of nitrogens with zero attached hydrogens (tertiary/aromatic N) is 1. The lowest BCUT2D eigenvalue weighted by molar-refractivity contribution is 0.0666. The van der Waals surface area contributed by atoms with E-state index in [4.69, 9.17) is 9.47 Å². The fraction of sp³-hybridized carbons (Fsp3) is 0.370. The highest BCUT2D eigenvalue weighted by molar-refractivity contribution is 6.07. The zero-order valence-corrected chi connectivity index (χ0v) is 18.4. The summed E-state index contributed by atoms with van der Waals surface area (Å²) in [6.07, 6.45) is 4.53. The van der Waals surface area contributed by atoms with Crippen LogP contribution in [0.4, 0.5) is 0 Å². The van der Waals surface area contributed by atoms with Crippen LogP contribution in [0.1, 0.15) is 48.5 Å². The standard InChI is InChI=1S/C27H31NO3/c1-20(19-30-2)31-24-16-14-21(15-17-24)18-28(23-10-4-5-11-23)27(29)26-13-7-9-22-8-3-6-12-25(22)26/h3,6-9,12-17,20,23H,4-5,10-11,18-19H2,1-2H3. The van der Waals surface area contributed by atoms with Crippen LogP contribution >= 0.6 is 0 Å². The van der Waals surface area contributed by atoms with E-state index in [1.54, 1.807) is 7.11 Å². The molecule has 1 amide bonds. The predicted molar refractivity (Wildman–Crippen MR) is 124 cm³/mol. The molecule has 1 saturated carbocycles. The summed E-state index contributed by atoms with van der Waals surface area (Å²) < 4.78 is 11.0. The van der Waals surface area contributed by atoms with Crippen molar-refractivity contribution in [2.45, 2.75) is 51.3 Å². The molecule has 4 rings (SSSR count). The van der Waals surface area contributed by atoms with Crippen molar-refractivity contribution >= 4 is 16.7 Å². The van der Waals surface area contributed by atoms with Crippen molar-refractivity contribution in [2.24, 2.45) is 0 Å². The van der Waals surface area contributed by atoms with Gasteiger partial charge < -0.3 is 14.4 Å². The molecule has 0 heterocycles. The number of rotatable bonds is 8. The predicted octanol–water partition coefficient (Wildman–Crippen LogP) is 5.84. The summed E-state index contributed by atoms with van der Waals surface area (Å²) in [7, 11) is 1.67. The number of hydrogen-bond acceptors (Lipinski definition) is 3. The monoisotopic (exact) mass is 417 g/mol. The van der Waals surface area contributed by atoms with Gasteiger partial charge in [-0.2, -0.15) is 0 Å². The van der Waals surface area contributed by atoms with Gasteiger partial charge in [0.05, 0.1) is 6.61 Å². The molecule has 162 valence electrons. The van der Waals surface area contributed by atoms with Crippen LogP contribution in [0.25, 0.3) is 10.8 Å². The van der Waals surface area contributed by atoms with Crippen molar-refractivity contribution in [3.63, 3.8) is 0 Å². The summed E-state index contributed by atoms with van der Waals surface area (Å²) in [4.78, 5) is 15.8. The van der Waals surface area contributed by atoms with Gasteiger partial charge in [-0.05, 0) is 54.3 Å². The topological polar surface area (TPSA) is 38.8 Å². The molecule has 1 aliphatic rings. The van der Waals surface area contributed by atoms with Crippen molar-refractivity contribution in [1.29, 1.82) is 0 Å². The van der Waals surface area contributed by atoms with Crippen molar-refractivity contribution < 1.29 is 14.3 Å². The molecule has 0 aliphatic heterocycles. The molecule has 1 atom stereocenters. The highest BCUT2D eigenvalue weighted by Gasteiger charge is 2.28. The molecule has 0 aromatic heterocycles. The van der Waals surface area contributed by atoms with Gasteiger partial charge in [0.2, 0.25) is 0 Å². The van der Waals surface area contributed by atoms with Gasteiger partial charge in [0.1, 0.15) is 11.9 Å². The van der Waals surface area contributed by atoms with Crippen LogP contribution in [0.3, 0.4) is 0 Å². The Morgan fingerprint density at radius 3 is 2.45 bits per heavy atom. The van der Waals surface area contributed by atoms with Crippen LogP contribution in [0.2, 0.25) is 0 Å². The van der Waals surface area contributed by atoms with Gasteiger partial charge in [-0.1, -0.05) is 61.4 Å². The number of fused-ring (bicyclic) bond motifs is 1. The van der Waals surface area contributed by atoms with Crippen molar-refractivity contribution in [3.8, 4) is 5.75 Å². The molecule has 0 radical (unpaired) electrons. The third-order valence-corrected chi connectivity index (χ3v) is 6.06. The van der Waals surface area contributed by atoms with Crippen LogP contribution in [0, 0.1) is 0 Å². The average molecular weight is 418 g/mol. The SMILES string of the molecule is COCC(C)Oc1ccc(CN(C(=O)c2cccc3ccccc23)C2CCCC2)cc1. The molecule has 3 aromatic carbocycles. The Kier molecular flexibility index (Phi) is 6.88. The van der Waals surface area contributed by atoms with Gasteiger partial charge in [0, 0.05) is 25.3 Å². The van der Waals surface area contributed by atoms with E-state index < -0.39 is 0 Å². The lowest BCUT2D eigenvalue weighted by atomic mass is 10.0. The quantitative estimate of drug-likeness (QED) is 0.462. The minimum Gasteiger partial charge on any atom is -0.488 e. The molecule has 4 heteroatoms. The number of ether oxygens (including phenoxy) is 2. The van der Waals surface area contributed by atoms with Crippen LogP contribution in [-0.4, -0.2) is 36.7 Å². The van der Waals surface area contributed by atoms with E-state index in [1.807, 2.05) is 49.4 Å². The zero-order chi connectivity index (χ0) is 21.6. The first-order chi connectivity index (χ1) is 15.2. The number of hydrogen-bond donors (Lipinski definition) is 0. The third kappa shape index (κ3) is 5.08. The Morgan fingerprint density at radius 1 is 1.00 bits per heavy atom. The summed E-state index contributed by atoms with van der Waals surface area (Å²) in [5.74, 6) is 0.943. The van der Waals surface area contributed by atoms with E-state index in [0.29, 0.717) is 19.2 Å². The van der Waals surface area contributed by atoms with Crippen LogP contribution < -0.4 is 4.74 Å². The lowest BCUT2D eigenvalue weighted by Gasteiger charge is -2.30. The number of amides is 1. The van der Waals surface area contributed by atoms with Gasteiger partial charge in [-0.15, -0.1) is 0 Å². The first-order valence-corrected chi connectivity index (χ1v) is 11.2. The lowest BCUT2D eigenvalue weighted by Crippen LogP contribution is -2.38. The van der Waals surface area contributed by atoms with Crippen molar-refractivity contribution in [3.05, 3.63) is 77.9 Å². The molecule has 0 N–H and O–H groups in total. The van der Waals surface area contributed by atoms with E-state index in [1.165, 1.54) is 12.8 Å². The molecule has 1 fully saturated rings. The highest BCUT2D eigenvalue weighted by Crippen LogP contribution is 2.29. The summed E-state index contributed by atoms with van der Waals surface area (Å²) in [6, 6.07) is 22.5. The van der Waals surface area contributed by atoms with Crippen molar-refractivity contribution in [2.75, 3.05) is 13.7 Å².